The molecule has 0 aromatic heterocycles. The molecule has 5 heteroatoms. The van der Waals surface area contributed by atoms with Crippen molar-refractivity contribution in [2.45, 2.75) is 0 Å². The van der Waals surface area contributed by atoms with Crippen LogP contribution in [-0.4, -0.2) is 37.0 Å². The normalized spacial score (nSPS) is 9.27. The number of hydrogen-bond donors (Lipinski definition) is 2. The van der Waals surface area contributed by atoms with Crippen LogP contribution in [0.25, 0.3) is 0 Å². The summed E-state index contributed by atoms with van der Waals surface area (Å²) in [6.45, 7) is 1.22. The Hall–Kier alpha value is -0.0900. The first kappa shape index (κ1) is 10.9. The minimum absolute atomic E-state index is 0.139. The summed E-state index contributed by atoms with van der Waals surface area (Å²) in [6.07, 6.45) is 2.00. The van der Waals surface area contributed by atoms with Crippen molar-refractivity contribution in [2.75, 3.05) is 31.0 Å². The van der Waals surface area contributed by atoms with Gasteiger partial charge in [-0.2, -0.15) is 11.8 Å². The zero-order valence-corrected chi connectivity index (χ0v) is 8.10. The standard InChI is InChI=1S/C6H13ClN2OS/c1-11-5-4-9-6(10)8-3-2-7/h2-5H2,1H3,(H2,8,9,10). The fourth-order valence-corrected chi connectivity index (χ4v) is 0.891. The van der Waals surface area contributed by atoms with Gasteiger partial charge in [-0.15, -0.1) is 11.6 Å². The van der Waals surface area contributed by atoms with Crippen LogP contribution in [0.15, 0.2) is 0 Å². The summed E-state index contributed by atoms with van der Waals surface area (Å²) < 4.78 is 0. The van der Waals surface area contributed by atoms with Gasteiger partial charge in [0, 0.05) is 24.7 Å². The van der Waals surface area contributed by atoms with Crippen molar-refractivity contribution in [2.24, 2.45) is 0 Å². The SMILES string of the molecule is CSCCNC(=O)NCCCl. The van der Waals surface area contributed by atoms with Crippen molar-refractivity contribution in [1.29, 1.82) is 0 Å². The maximum atomic E-state index is 10.8. The van der Waals surface area contributed by atoms with E-state index in [1.165, 1.54) is 0 Å². The number of rotatable bonds is 5. The largest absolute Gasteiger partial charge is 0.337 e. The molecule has 0 aliphatic carbocycles. The fraction of sp³-hybridized carbons (Fsp3) is 0.833. The van der Waals surface area contributed by atoms with Gasteiger partial charge in [0.25, 0.3) is 0 Å². The van der Waals surface area contributed by atoms with Crippen molar-refractivity contribution in [1.82, 2.24) is 10.6 Å². The minimum Gasteiger partial charge on any atom is -0.337 e. The second kappa shape index (κ2) is 8.01. The van der Waals surface area contributed by atoms with Crippen molar-refractivity contribution in [3.05, 3.63) is 0 Å². The lowest BCUT2D eigenvalue weighted by Crippen LogP contribution is -2.37. The Morgan fingerprint density at radius 2 is 2.09 bits per heavy atom. The van der Waals surface area contributed by atoms with E-state index in [-0.39, 0.29) is 6.03 Å². The number of carbonyl (C=O) groups is 1. The molecule has 3 nitrogen and oxygen atoms in total. The van der Waals surface area contributed by atoms with Gasteiger partial charge in [-0.3, -0.25) is 0 Å². The Morgan fingerprint density at radius 3 is 2.64 bits per heavy atom. The molecule has 0 aliphatic heterocycles. The summed E-state index contributed by atoms with van der Waals surface area (Å²) in [7, 11) is 0. The number of hydrogen-bond acceptors (Lipinski definition) is 2. The molecule has 0 atom stereocenters. The van der Waals surface area contributed by atoms with Crippen molar-refractivity contribution >= 4 is 29.4 Å². The highest BCUT2D eigenvalue weighted by atomic mass is 35.5. The van der Waals surface area contributed by atoms with E-state index >= 15 is 0 Å². The number of amides is 2. The van der Waals surface area contributed by atoms with Gasteiger partial charge < -0.3 is 10.6 Å². The summed E-state index contributed by atoms with van der Waals surface area (Å²) in [6, 6.07) is -0.139. The third-order valence-electron chi connectivity index (χ3n) is 0.972. The number of carbonyl (C=O) groups excluding carboxylic acids is 1. The smallest absolute Gasteiger partial charge is 0.314 e. The third kappa shape index (κ3) is 7.81. The molecule has 0 radical (unpaired) electrons. The van der Waals surface area contributed by atoms with Gasteiger partial charge in [-0.1, -0.05) is 0 Å². The predicted molar refractivity (Wildman–Crippen MR) is 50.5 cm³/mol. The second-order valence-electron chi connectivity index (χ2n) is 1.86. The summed E-state index contributed by atoms with van der Waals surface area (Å²) in [5, 5.41) is 5.29. The van der Waals surface area contributed by atoms with Crippen LogP contribution in [0.5, 0.6) is 0 Å². The van der Waals surface area contributed by atoms with Crippen LogP contribution >= 0.6 is 23.4 Å². The number of halogens is 1. The molecule has 0 spiro atoms. The second-order valence-corrected chi connectivity index (χ2v) is 3.23. The lowest BCUT2D eigenvalue weighted by molar-refractivity contribution is 0.242. The summed E-state index contributed by atoms with van der Waals surface area (Å²) in [5.41, 5.74) is 0. The molecule has 0 fully saturated rings. The Bertz CT molecular complexity index is 113. The van der Waals surface area contributed by atoms with Crippen LogP contribution < -0.4 is 10.6 Å². The molecule has 0 saturated heterocycles. The van der Waals surface area contributed by atoms with E-state index in [0.717, 1.165) is 5.75 Å². The molecule has 0 bridgehead atoms. The summed E-state index contributed by atoms with van der Waals surface area (Å²) in [5.74, 6) is 1.39. The maximum absolute atomic E-state index is 10.8. The Morgan fingerprint density at radius 1 is 1.45 bits per heavy atom. The lowest BCUT2D eigenvalue weighted by atomic mass is 10.7. The van der Waals surface area contributed by atoms with E-state index in [0.29, 0.717) is 19.0 Å². The van der Waals surface area contributed by atoms with E-state index in [9.17, 15) is 4.79 Å². The highest BCUT2D eigenvalue weighted by Gasteiger charge is 1.95. The Labute approximate surface area is 76.3 Å². The number of thioether (sulfide) groups is 1. The van der Waals surface area contributed by atoms with Crippen LogP contribution in [0.4, 0.5) is 4.79 Å². The lowest BCUT2D eigenvalue weighted by Gasteiger charge is -2.04. The number of alkyl halides is 1. The Balaban J connectivity index is 3.09. The molecule has 0 aliphatic rings. The van der Waals surface area contributed by atoms with Gasteiger partial charge in [0.15, 0.2) is 0 Å². The van der Waals surface area contributed by atoms with E-state index in [4.69, 9.17) is 11.6 Å². The summed E-state index contributed by atoms with van der Waals surface area (Å²) >= 11 is 7.06. The van der Waals surface area contributed by atoms with Crippen LogP contribution in [0.2, 0.25) is 0 Å². The molecule has 11 heavy (non-hydrogen) atoms. The highest BCUT2D eigenvalue weighted by Crippen LogP contribution is 1.86. The molecule has 0 aromatic carbocycles. The molecule has 0 aromatic rings. The molecular weight excluding hydrogens is 184 g/mol. The average Bonchev–Trinajstić information content (AvgIpc) is 2.01. The first-order chi connectivity index (χ1) is 5.31. The van der Waals surface area contributed by atoms with Gasteiger partial charge in [0.05, 0.1) is 0 Å². The minimum atomic E-state index is -0.139. The van der Waals surface area contributed by atoms with Gasteiger partial charge in [-0.25, -0.2) is 4.79 Å². The van der Waals surface area contributed by atoms with E-state index in [2.05, 4.69) is 10.6 Å². The van der Waals surface area contributed by atoms with Crippen LogP contribution in [0.3, 0.4) is 0 Å². The van der Waals surface area contributed by atoms with Crippen LogP contribution in [0.1, 0.15) is 0 Å². The van der Waals surface area contributed by atoms with Crippen LogP contribution in [0, 0.1) is 0 Å². The summed E-state index contributed by atoms with van der Waals surface area (Å²) in [4.78, 5) is 10.8. The zero-order valence-electron chi connectivity index (χ0n) is 6.52. The Kier molecular flexibility index (Phi) is 7.95. The quantitative estimate of drug-likeness (QED) is 0.507. The van der Waals surface area contributed by atoms with Gasteiger partial charge in [0.1, 0.15) is 0 Å². The molecule has 2 amide bonds. The van der Waals surface area contributed by atoms with Gasteiger partial charge in [-0.05, 0) is 6.26 Å². The van der Waals surface area contributed by atoms with Crippen molar-refractivity contribution in [3.8, 4) is 0 Å². The molecule has 0 saturated carbocycles. The molecular formula is C6H13ClN2OS. The maximum Gasteiger partial charge on any atom is 0.314 e. The molecule has 0 heterocycles. The predicted octanol–water partition coefficient (Wildman–Crippen LogP) is 0.887. The average molecular weight is 197 g/mol. The topological polar surface area (TPSA) is 41.1 Å². The van der Waals surface area contributed by atoms with E-state index in [1.807, 2.05) is 6.26 Å². The van der Waals surface area contributed by atoms with Gasteiger partial charge in [0.2, 0.25) is 0 Å². The van der Waals surface area contributed by atoms with Crippen molar-refractivity contribution in [3.63, 3.8) is 0 Å². The third-order valence-corrected chi connectivity index (χ3v) is 1.77. The molecule has 0 rings (SSSR count). The zero-order chi connectivity index (χ0) is 8.53. The highest BCUT2D eigenvalue weighted by molar-refractivity contribution is 7.98. The van der Waals surface area contributed by atoms with E-state index < -0.39 is 0 Å². The monoisotopic (exact) mass is 196 g/mol. The van der Waals surface area contributed by atoms with Crippen molar-refractivity contribution < 1.29 is 4.79 Å². The first-order valence-electron chi connectivity index (χ1n) is 3.38. The number of nitrogens with one attached hydrogen (secondary N) is 2. The first-order valence-corrected chi connectivity index (χ1v) is 5.30. The van der Waals surface area contributed by atoms with E-state index in [1.54, 1.807) is 11.8 Å². The molecule has 66 valence electrons. The fourth-order valence-electron chi connectivity index (χ4n) is 0.490. The number of urea groups is 1. The molecule has 2 N–H and O–H groups in total. The molecule has 0 unspecified atom stereocenters. The van der Waals surface area contributed by atoms with Gasteiger partial charge >= 0.3 is 6.03 Å². The van der Waals surface area contributed by atoms with Crippen LogP contribution in [-0.2, 0) is 0 Å².